The molecule has 3 aliphatic rings. The summed E-state index contributed by atoms with van der Waals surface area (Å²) in [6.45, 7) is 1.48. The third-order valence-electron chi connectivity index (χ3n) is 5.94. The molecule has 2 aromatic rings. The number of nitrogens with one attached hydrogen (secondary N) is 1. The molecule has 3 heterocycles. The van der Waals surface area contributed by atoms with E-state index in [1.807, 2.05) is 41.3 Å². The lowest BCUT2D eigenvalue weighted by molar-refractivity contribution is -0.125. The molecule has 6 heteroatoms. The molecule has 0 bridgehead atoms. The van der Waals surface area contributed by atoms with Crippen LogP contribution >= 0.6 is 0 Å². The van der Waals surface area contributed by atoms with Crippen LogP contribution in [0.2, 0.25) is 0 Å². The Morgan fingerprint density at radius 1 is 1.20 bits per heavy atom. The number of fused-ring (bicyclic) bond motifs is 2. The van der Waals surface area contributed by atoms with Gasteiger partial charge in [0, 0.05) is 44.1 Å². The zero-order chi connectivity index (χ0) is 20.5. The summed E-state index contributed by atoms with van der Waals surface area (Å²) in [4.78, 5) is 30.3. The van der Waals surface area contributed by atoms with Gasteiger partial charge in [0.05, 0.1) is 0 Å². The number of pyridine rings is 1. The molecule has 152 valence electrons. The first-order valence-electron chi connectivity index (χ1n) is 10.3. The van der Waals surface area contributed by atoms with Crippen LogP contribution in [-0.4, -0.2) is 34.8 Å². The number of para-hydroxylation sites is 1. The van der Waals surface area contributed by atoms with E-state index in [0.717, 1.165) is 42.1 Å². The van der Waals surface area contributed by atoms with Crippen molar-refractivity contribution in [2.45, 2.75) is 19.3 Å². The average molecular weight is 401 g/mol. The fourth-order valence-corrected chi connectivity index (χ4v) is 4.40. The normalized spacial score (nSPS) is 22.5. The number of rotatable bonds is 4. The lowest BCUT2D eigenvalue weighted by Crippen LogP contribution is -2.27. The SMILES string of the molecule is O=C1CCc2cc(/C=C/C(=O)N3C[C@@H]4CC(Oc5ccccc5)=C[C@@H]4C3)cnc2N1. The van der Waals surface area contributed by atoms with Gasteiger partial charge in [0.15, 0.2) is 0 Å². The number of carbonyl (C=O) groups is 2. The van der Waals surface area contributed by atoms with Crippen LogP contribution in [0.1, 0.15) is 24.0 Å². The molecule has 2 amide bonds. The predicted molar refractivity (Wildman–Crippen MR) is 114 cm³/mol. The van der Waals surface area contributed by atoms with E-state index in [1.165, 1.54) is 0 Å². The Morgan fingerprint density at radius 2 is 2.07 bits per heavy atom. The van der Waals surface area contributed by atoms with Gasteiger partial charge < -0.3 is 15.0 Å². The lowest BCUT2D eigenvalue weighted by Gasteiger charge is -2.16. The first-order chi connectivity index (χ1) is 14.6. The lowest BCUT2D eigenvalue weighted by atomic mass is 10.0. The number of allylic oxidation sites excluding steroid dienone is 1. The van der Waals surface area contributed by atoms with E-state index >= 15 is 0 Å². The Balaban J connectivity index is 1.19. The van der Waals surface area contributed by atoms with Gasteiger partial charge in [0.1, 0.15) is 17.3 Å². The van der Waals surface area contributed by atoms with Crippen molar-refractivity contribution in [2.24, 2.45) is 11.8 Å². The van der Waals surface area contributed by atoms with Gasteiger partial charge >= 0.3 is 0 Å². The molecule has 0 spiro atoms. The van der Waals surface area contributed by atoms with Crippen LogP contribution in [0.25, 0.3) is 6.08 Å². The molecule has 1 aromatic heterocycles. The highest BCUT2D eigenvalue weighted by molar-refractivity contribution is 5.94. The van der Waals surface area contributed by atoms with E-state index < -0.39 is 0 Å². The number of likely N-dealkylation sites (tertiary alicyclic amines) is 1. The van der Waals surface area contributed by atoms with E-state index in [-0.39, 0.29) is 11.8 Å². The fraction of sp³-hybridized carbons (Fsp3) is 0.292. The fourth-order valence-electron chi connectivity index (χ4n) is 4.40. The third-order valence-corrected chi connectivity index (χ3v) is 5.94. The standard InChI is InChI=1S/C24H23N3O3/c28-22-8-7-17-10-16(13-25-24(17)26-22)6-9-23(29)27-14-18-11-21(12-19(18)15-27)30-20-4-2-1-3-5-20/h1-6,9-11,13,18-19H,7-8,12,14-15H2,(H,25,26,28)/b9-6+/t18-,19+/m1/s1. The van der Waals surface area contributed by atoms with E-state index in [0.29, 0.717) is 30.5 Å². The Kier molecular flexibility index (Phi) is 4.83. The van der Waals surface area contributed by atoms with Crippen LogP contribution < -0.4 is 10.1 Å². The van der Waals surface area contributed by atoms with Crippen LogP contribution in [0.15, 0.2) is 60.5 Å². The van der Waals surface area contributed by atoms with Crippen LogP contribution in [0.5, 0.6) is 5.75 Å². The quantitative estimate of drug-likeness (QED) is 0.797. The average Bonchev–Trinajstić information content (AvgIpc) is 3.31. The number of aryl methyl sites for hydroxylation is 1. The number of hydrogen-bond acceptors (Lipinski definition) is 4. The van der Waals surface area contributed by atoms with Crippen molar-refractivity contribution in [3.63, 3.8) is 0 Å². The van der Waals surface area contributed by atoms with Crippen molar-refractivity contribution in [2.75, 3.05) is 18.4 Å². The molecule has 5 rings (SSSR count). The second kappa shape index (κ2) is 7.78. The summed E-state index contributed by atoms with van der Waals surface area (Å²) in [6, 6.07) is 11.8. The minimum atomic E-state index is -0.000530. The van der Waals surface area contributed by atoms with E-state index in [9.17, 15) is 9.59 Å². The predicted octanol–water partition coefficient (Wildman–Crippen LogP) is 3.42. The maximum Gasteiger partial charge on any atom is 0.246 e. The second-order valence-electron chi connectivity index (χ2n) is 8.08. The number of anilines is 1. The van der Waals surface area contributed by atoms with Gasteiger partial charge in [-0.15, -0.1) is 0 Å². The molecule has 1 saturated heterocycles. The minimum absolute atomic E-state index is 0.000530. The molecule has 0 unspecified atom stereocenters. The van der Waals surface area contributed by atoms with Crippen molar-refractivity contribution < 1.29 is 14.3 Å². The van der Waals surface area contributed by atoms with Crippen LogP contribution in [0.3, 0.4) is 0 Å². The minimum Gasteiger partial charge on any atom is -0.462 e. The molecular formula is C24H23N3O3. The second-order valence-corrected chi connectivity index (χ2v) is 8.08. The van der Waals surface area contributed by atoms with Gasteiger partial charge in [-0.25, -0.2) is 4.98 Å². The summed E-state index contributed by atoms with van der Waals surface area (Å²) in [5.41, 5.74) is 1.88. The van der Waals surface area contributed by atoms with Crippen LogP contribution in [0.4, 0.5) is 5.82 Å². The summed E-state index contributed by atoms with van der Waals surface area (Å²) in [6.07, 6.45) is 9.31. The van der Waals surface area contributed by atoms with Crippen molar-refractivity contribution in [3.05, 3.63) is 71.6 Å². The topological polar surface area (TPSA) is 71.5 Å². The zero-order valence-electron chi connectivity index (χ0n) is 16.6. The Hall–Kier alpha value is -3.41. The maximum atomic E-state index is 12.7. The van der Waals surface area contributed by atoms with Gasteiger partial charge in [-0.3, -0.25) is 9.59 Å². The van der Waals surface area contributed by atoms with Crippen molar-refractivity contribution in [3.8, 4) is 5.75 Å². The molecule has 0 saturated carbocycles. The monoisotopic (exact) mass is 401 g/mol. The zero-order valence-corrected chi connectivity index (χ0v) is 16.6. The van der Waals surface area contributed by atoms with Gasteiger partial charge in [0.25, 0.3) is 0 Å². The molecular weight excluding hydrogens is 378 g/mol. The molecule has 1 N–H and O–H groups in total. The number of amides is 2. The first kappa shape index (κ1) is 18.6. The number of nitrogens with zero attached hydrogens (tertiary/aromatic N) is 2. The Labute approximate surface area is 175 Å². The summed E-state index contributed by atoms with van der Waals surface area (Å²) in [7, 11) is 0. The largest absolute Gasteiger partial charge is 0.462 e. The summed E-state index contributed by atoms with van der Waals surface area (Å²) < 4.78 is 5.98. The molecule has 6 nitrogen and oxygen atoms in total. The highest BCUT2D eigenvalue weighted by Gasteiger charge is 2.38. The number of carbonyl (C=O) groups excluding carboxylic acids is 2. The molecule has 0 radical (unpaired) electrons. The van der Waals surface area contributed by atoms with Crippen molar-refractivity contribution >= 4 is 23.7 Å². The number of ether oxygens (including phenoxy) is 1. The van der Waals surface area contributed by atoms with E-state index in [4.69, 9.17) is 4.74 Å². The molecule has 1 aliphatic carbocycles. The van der Waals surface area contributed by atoms with Gasteiger partial charge in [-0.05, 0) is 53.8 Å². The van der Waals surface area contributed by atoms with Crippen LogP contribution in [-0.2, 0) is 16.0 Å². The molecule has 2 atom stereocenters. The van der Waals surface area contributed by atoms with Gasteiger partial charge in [-0.1, -0.05) is 18.2 Å². The Morgan fingerprint density at radius 3 is 2.90 bits per heavy atom. The summed E-state index contributed by atoms with van der Waals surface area (Å²) in [5, 5.41) is 2.77. The highest BCUT2D eigenvalue weighted by Crippen LogP contribution is 2.37. The number of hydrogen-bond donors (Lipinski definition) is 1. The molecule has 30 heavy (non-hydrogen) atoms. The molecule has 1 fully saturated rings. The third kappa shape index (κ3) is 3.85. The van der Waals surface area contributed by atoms with E-state index in [2.05, 4.69) is 16.4 Å². The first-order valence-corrected chi connectivity index (χ1v) is 10.3. The van der Waals surface area contributed by atoms with Crippen molar-refractivity contribution in [1.82, 2.24) is 9.88 Å². The highest BCUT2D eigenvalue weighted by atomic mass is 16.5. The van der Waals surface area contributed by atoms with Crippen LogP contribution in [0, 0.1) is 11.8 Å². The summed E-state index contributed by atoms with van der Waals surface area (Å²) >= 11 is 0. The van der Waals surface area contributed by atoms with E-state index in [1.54, 1.807) is 18.3 Å². The maximum absolute atomic E-state index is 12.7. The van der Waals surface area contributed by atoms with Gasteiger partial charge in [-0.2, -0.15) is 0 Å². The van der Waals surface area contributed by atoms with Gasteiger partial charge in [0.2, 0.25) is 11.8 Å². The number of benzene rings is 1. The molecule has 2 aliphatic heterocycles. The van der Waals surface area contributed by atoms with Crippen molar-refractivity contribution in [1.29, 1.82) is 0 Å². The molecule has 1 aromatic carbocycles. The smallest absolute Gasteiger partial charge is 0.246 e. The number of aromatic nitrogens is 1. The Bertz CT molecular complexity index is 1040. The summed E-state index contributed by atoms with van der Waals surface area (Å²) in [5.74, 6) is 3.30.